The molecule has 24 heavy (non-hydrogen) atoms. The van der Waals surface area contributed by atoms with Crippen LogP contribution in [0, 0.1) is 0 Å². The highest BCUT2D eigenvalue weighted by molar-refractivity contribution is 5.91. The Balaban J connectivity index is 1.35. The molecule has 1 saturated heterocycles. The lowest BCUT2D eigenvalue weighted by Gasteiger charge is -2.34. The molecular weight excluding hydrogens is 306 g/mol. The van der Waals surface area contributed by atoms with Gasteiger partial charge in [0, 0.05) is 45.2 Å². The van der Waals surface area contributed by atoms with E-state index in [1.165, 1.54) is 25.5 Å². The quantitative estimate of drug-likeness (QED) is 0.893. The standard InChI is InChI=1S/C18H27N3O3/c22-17(19-15-5-2-1-3-6-15)8-9-20-10-12-21(13-11-20)18(23)16-7-4-14-24-16/h4,7,14-15H,1-3,5-6,8-13H2,(H,19,22). The van der Waals surface area contributed by atoms with Crippen molar-refractivity contribution in [1.29, 1.82) is 0 Å². The second kappa shape index (κ2) is 8.33. The molecule has 1 aromatic heterocycles. The van der Waals surface area contributed by atoms with Gasteiger partial charge in [0.1, 0.15) is 0 Å². The second-order valence-electron chi connectivity index (χ2n) is 6.76. The maximum atomic E-state index is 12.2. The zero-order valence-corrected chi connectivity index (χ0v) is 14.2. The van der Waals surface area contributed by atoms with Crippen LogP contribution in [0.4, 0.5) is 0 Å². The lowest BCUT2D eigenvalue weighted by Crippen LogP contribution is -2.49. The molecule has 0 unspecified atom stereocenters. The maximum Gasteiger partial charge on any atom is 0.289 e. The average Bonchev–Trinajstić information content (AvgIpc) is 3.15. The van der Waals surface area contributed by atoms with Gasteiger partial charge in [0.25, 0.3) is 5.91 Å². The fraction of sp³-hybridized carbons (Fsp3) is 0.667. The van der Waals surface area contributed by atoms with Crippen molar-refractivity contribution in [2.75, 3.05) is 32.7 Å². The molecule has 1 aliphatic carbocycles. The first-order valence-corrected chi connectivity index (χ1v) is 9.07. The van der Waals surface area contributed by atoms with E-state index >= 15 is 0 Å². The highest BCUT2D eigenvalue weighted by Gasteiger charge is 2.24. The number of carbonyl (C=O) groups excluding carboxylic acids is 2. The van der Waals surface area contributed by atoms with Gasteiger partial charge in [-0.25, -0.2) is 0 Å². The maximum absolute atomic E-state index is 12.2. The normalized spacial score (nSPS) is 20.1. The molecule has 6 heteroatoms. The van der Waals surface area contributed by atoms with Crippen LogP contribution in [0.25, 0.3) is 0 Å². The third-order valence-corrected chi connectivity index (χ3v) is 5.02. The molecule has 132 valence electrons. The summed E-state index contributed by atoms with van der Waals surface area (Å²) in [5.41, 5.74) is 0. The van der Waals surface area contributed by atoms with Gasteiger partial charge in [-0.1, -0.05) is 19.3 Å². The Morgan fingerprint density at radius 2 is 1.88 bits per heavy atom. The van der Waals surface area contributed by atoms with Gasteiger partial charge in [-0.15, -0.1) is 0 Å². The van der Waals surface area contributed by atoms with Gasteiger partial charge in [0.05, 0.1) is 6.26 Å². The van der Waals surface area contributed by atoms with Gasteiger partial charge in [0.15, 0.2) is 5.76 Å². The molecule has 0 aromatic carbocycles. The molecule has 6 nitrogen and oxygen atoms in total. The lowest BCUT2D eigenvalue weighted by atomic mass is 9.95. The summed E-state index contributed by atoms with van der Waals surface area (Å²) in [6.45, 7) is 3.75. The van der Waals surface area contributed by atoms with Gasteiger partial charge in [-0.2, -0.15) is 0 Å². The summed E-state index contributed by atoms with van der Waals surface area (Å²) in [5.74, 6) is 0.515. The number of carbonyl (C=O) groups is 2. The molecule has 3 rings (SSSR count). The number of furan rings is 1. The highest BCUT2D eigenvalue weighted by atomic mass is 16.3. The van der Waals surface area contributed by atoms with E-state index in [9.17, 15) is 9.59 Å². The summed E-state index contributed by atoms with van der Waals surface area (Å²) in [7, 11) is 0. The minimum absolute atomic E-state index is 0.0466. The fourth-order valence-electron chi connectivity index (χ4n) is 3.54. The van der Waals surface area contributed by atoms with E-state index in [1.54, 1.807) is 12.1 Å². The predicted molar refractivity (Wildman–Crippen MR) is 90.7 cm³/mol. The second-order valence-corrected chi connectivity index (χ2v) is 6.76. The summed E-state index contributed by atoms with van der Waals surface area (Å²) in [4.78, 5) is 28.3. The zero-order chi connectivity index (χ0) is 16.8. The largest absolute Gasteiger partial charge is 0.459 e. The third-order valence-electron chi connectivity index (χ3n) is 5.02. The predicted octanol–water partition coefficient (Wildman–Crippen LogP) is 1.88. The minimum Gasteiger partial charge on any atom is -0.459 e. The summed E-state index contributed by atoms with van der Waals surface area (Å²) in [6, 6.07) is 3.81. The highest BCUT2D eigenvalue weighted by Crippen LogP contribution is 2.17. The van der Waals surface area contributed by atoms with Gasteiger partial charge in [-0.3, -0.25) is 14.5 Å². The van der Waals surface area contributed by atoms with E-state index in [1.807, 2.05) is 4.90 Å². The van der Waals surface area contributed by atoms with Crippen LogP contribution in [0.2, 0.25) is 0 Å². The van der Waals surface area contributed by atoms with E-state index in [-0.39, 0.29) is 11.8 Å². The van der Waals surface area contributed by atoms with Crippen LogP contribution in [0.5, 0.6) is 0 Å². The van der Waals surface area contributed by atoms with Crippen LogP contribution in [-0.2, 0) is 4.79 Å². The number of amides is 2. The molecule has 0 atom stereocenters. The fourth-order valence-corrected chi connectivity index (χ4v) is 3.54. The molecule has 2 heterocycles. The van der Waals surface area contributed by atoms with Crippen molar-refractivity contribution in [2.24, 2.45) is 0 Å². The zero-order valence-electron chi connectivity index (χ0n) is 14.2. The Morgan fingerprint density at radius 1 is 1.12 bits per heavy atom. The number of hydrogen-bond donors (Lipinski definition) is 1. The van der Waals surface area contributed by atoms with Gasteiger partial charge < -0.3 is 14.6 Å². The number of nitrogens with one attached hydrogen (secondary N) is 1. The molecule has 2 amide bonds. The van der Waals surface area contributed by atoms with E-state index in [0.29, 0.717) is 31.3 Å². The molecule has 0 spiro atoms. The Labute approximate surface area is 143 Å². The minimum atomic E-state index is -0.0466. The van der Waals surface area contributed by atoms with Gasteiger partial charge in [-0.05, 0) is 25.0 Å². The summed E-state index contributed by atoms with van der Waals surface area (Å²) >= 11 is 0. The van der Waals surface area contributed by atoms with Crippen molar-refractivity contribution >= 4 is 11.8 Å². The van der Waals surface area contributed by atoms with Crippen molar-refractivity contribution in [3.8, 4) is 0 Å². The molecule has 2 fully saturated rings. The Kier molecular flexibility index (Phi) is 5.91. The number of hydrogen-bond acceptors (Lipinski definition) is 4. The van der Waals surface area contributed by atoms with Gasteiger partial charge in [0.2, 0.25) is 5.91 Å². The first-order valence-electron chi connectivity index (χ1n) is 9.07. The Hall–Kier alpha value is -1.82. The molecule has 1 aromatic rings. The number of piperazine rings is 1. The van der Waals surface area contributed by atoms with Crippen LogP contribution in [-0.4, -0.2) is 60.4 Å². The first-order chi connectivity index (χ1) is 11.7. The summed E-state index contributed by atoms with van der Waals surface area (Å²) in [6.07, 6.45) is 8.08. The molecule has 1 aliphatic heterocycles. The van der Waals surface area contributed by atoms with Crippen molar-refractivity contribution in [2.45, 2.75) is 44.6 Å². The molecule has 0 radical (unpaired) electrons. The summed E-state index contributed by atoms with van der Waals surface area (Å²) in [5, 5.41) is 3.16. The first kappa shape index (κ1) is 17.0. The monoisotopic (exact) mass is 333 g/mol. The van der Waals surface area contributed by atoms with Gasteiger partial charge >= 0.3 is 0 Å². The Morgan fingerprint density at radius 3 is 2.54 bits per heavy atom. The smallest absolute Gasteiger partial charge is 0.289 e. The topological polar surface area (TPSA) is 65.8 Å². The molecule has 1 saturated carbocycles. The van der Waals surface area contributed by atoms with Crippen molar-refractivity contribution in [3.05, 3.63) is 24.2 Å². The van der Waals surface area contributed by atoms with Crippen LogP contribution < -0.4 is 5.32 Å². The van der Waals surface area contributed by atoms with Crippen molar-refractivity contribution in [1.82, 2.24) is 15.1 Å². The van der Waals surface area contributed by atoms with Crippen LogP contribution in [0.1, 0.15) is 49.1 Å². The molecule has 2 aliphatic rings. The average molecular weight is 333 g/mol. The number of rotatable bonds is 5. The molecule has 0 bridgehead atoms. The van der Waals surface area contributed by atoms with Crippen LogP contribution >= 0.6 is 0 Å². The SMILES string of the molecule is O=C(CCN1CCN(C(=O)c2ccco2)CC1)NC1CCCCC1. The Bertz CT molecular complexity index is 530. The molecule has 1 N–H and O–H groups in total. The van der Waals surface area contributed by atoms with Crippen LogP contribution in [0.3, 0.4) is 0 Å². The third kappa shape index (κ3) is 4.60. The van der Waals surface area contributed by atoms with E-state index in [0.717, 1.165) is 32.5 Å². The summed E-state index contributed by atoms with van der Waals surface area (Å²) < 4.78 is 5.17. The number of nitrogens with zero attached hydrogens (tertiary/aromatic N) is 2. The van der Waals surface area contributed by atoms with E-state index < -0.39 is 0 Å². The van der Waals surface area contributed by atoms with Crippen molar-refractivity contribution < 1.29 is 14.0 Å². The van der Waals surface area contributed by atoms with E-state index in [4.69, 9.17) is 4.42 Å². The van der Waals surface area contributed by atoms with Crippen molar-refractivity contribution in [3.63, 3.8) is 0 Å². The molecular formula is C18H27N3O3. The van der Waals surface area contributed by atoms with E-state index in [2.05, 4.69) is 10.2 Å². The van der Waals surface area contributed by atoms with Crippen LogP contribution in [0.15, 0.2) is 22.8 Å². The lowest BCUT2D eigenvalue weighted by molar-refractivity contribution is -0.122.